The van der Waals surface area contributed by atoms with Crippen molar-refractivity contribution in [1.82, 2.24) is 24.3 Å². The minimum absolute atomic E-state index is 0.0137. The Balaban J connectivity index is 1.39. The number of alkyl halides is 2. The summed E-state index contributed by atoms with van der Waals surface area (Å²) >= 11 is 1.42. The Morgan fingerprint density at radius 2 is 1.87 bits per heavy atom. The molecule has 0 aliphatic carbocycles. The fourth-order valence-corrected chi connectivity index (χ4v) is 4.74. The molecular formula is C22H25F2N5OS. The molecule has 0 spiro atoms. The third-order valence-corrected chi connectivity index (χ3v) is 6.78. The second-order valence-corrected chi connectivity index (χ2v) is 8.58. The van der Waals surface area contributed by atoms with Gasteiger partial charge in [-0.2, -0.15) is 8.78 Å². The Morgan fingerprint density at radius 3 is 2.52 bits per heavy atom. The van der Waals surface area contributed by atoms with Crippen LogP contribution >= 0.6 is 11.3 Å². The minimum atomic E-state index is -2.60. The summed E-state index contributed by atoms with van der Waals surface area (Å²) in [7, 11) is 0. The van der Waals surface area contributed by atoms with Gasteiger partial charge in [-0.1, -0.05) is 31.2 Å². The maximum Gasteiger partial charge on any atom is 0.319 e. The van der Waals surface area contributed by atoms with Crippen molar-refractivity contribution in [3.8, 4) is 10.6 Å². The number of nitrogens with zero attached hydrogens (tertiary/aromatic N) is 5. The standard InChI is InChI=1S/C22H25F2N5OS/c1-3-16-4-6-17(7-5-16)20-26-15(2)19(31-20)21(30)28-12-10-27(11-13-28)14-18-25-8-9-29(18)22(23)24/h4-9,22H,3,10-14H2,1-2H3. The number of aromatic nitrogens is 3. The monoisotopic (exact) mass is 445 g/mol. The van der Waals surface area contributed by atoms with E-state index in [1.165, 1.54) is 29.3 Å². The summed E-state index contributed by atoms with van der Waals surface area (Å²) < 4.78 is 26.9. The van der Waals surface area contributed by atoms with Gasteiger partial charge in [-0.15, -0.1) is 11.3 Å². The van der Waals surface area contributed by atoms with E-state index in [0.717, 1.165) is 27.3 Å². The fourth-order valence-electron chi connectivity index (χ4n) is 3.70. The molecule has 1 aromatic carbocycles. The van der Waals surface area contributed by atoms with Gasteiger partial charge in [0.1, 0.15) is 15.7 Å². The quantitative estimate of drug-likeness (QED) is 0.570. The molecule has 1 aliphatic rings. The van der Waals surface area contributed by atoms with Crippen LogP contribution in [0.25, 0.3) is 10.6 Å². The summed E-state index contributed by atoms with van der Waals surface area (Å²) in [6.07, 6.45) is 3.66. The molecule has 1 aliphatic heterocycles. The molecule has 0 atom stereocenters. The van der Waals surface area contributed by atoms with Crippen molar-refractivity contribution < 1.29 is 13.6 Å². The Bertz CT molecular complexity index is 1040. The molecule has 0 bridgehead atoms. The summed E-state index contributed by atoms with van der Waals surface area (Å²) in [4.78, 5) is 26.3. The van der Waals surface area contributed by atoms with Crippen LogP contribution in [0.3, 0.4) is 0 Å². The predicted molar refractivity (Wildman–Crippen MR) is 116 cm³/mol. The van der Waals surface area contributed by atoms with Gasteiger partial charge in [-0.3, -0.25) is 14.3 Å². The molecule has 1 amide bonds. The number of amides is 1. The lowest BCUT2D eigenvalue weighted by Crippen LogP contribution is -2.48. The molecule has 1 fully saturated rings. The maximum atomic E-state index is 13.1. The molecule has 3 aromatic rings. The number of carbonyl (C=O) groups excluding carboxylic acids is 1. The van der Waals surface area contributed by atoms with Gasteiger partial charge in [-0.25, -0.2) is 9.97 Å². The number of hydrogen-bond donors (Lipinski definition) is 0. The van der Waals surface area contributed by atoms with E-state index in [2.05, 4.69) is 29.0 Å². The lowest BCUT2D eigenvalue weighted by Gasteiger charge is -2.34. The number of piperazine rings is 1. The predicted octanol–water partition coefficient (Wildman–Crippen LogP) is 4.23. The van der Waals surface area contributed by atoms with Crippen LogP contribution in [-0.2, 0) is 13.0 Å². The highest BCUT2D eigenvalue weighted by Crippen LogP contribution is 2.29. The van der Waals surface area contributed by atoms with Gasteiger partial charge < -0.3 is 4.90 Å². The van der Waals surface area contributed by atoms with Crippen molar-refractivity contribution in [3.63, 3.8) is 0 Å². The minimum Gasteiger partial charge on any atom is -0.335 e. The molecule has 9 heteroatoms. The topological polar surface area (TPSA) is 54.3 Å². The van der Waals surface area contributed by atoms with Crippen molar-refractivity contribution in [2.45, 2.75) is 33.4 Å². The number of thiazole rings is 1. The first-order chi connectivity index (χ1) is 15.0. The SMILES string of the molecule is CCc1ccc(-c2nc(C)c(C(=O)N3CCN(Cc4nccn4C(F)F)CC3)s2)cc1. The first kappa shape index (κ1) is 21.6. The smallest absolute Gasteiger partial charge is 0.319 e. The Labute approximate surface area is 184 Å². The normalized spacial score (nSPS) is 15.1. The van der Waals surface area contributed by atoms with Gasteiger partial charge in [-0.05, 0) is 18.9 Å². The number of benzene rings is 1. The van der Waals surface area contributed by atoms with Crippen molar-refractivity contribution >= 4 is 17.2 Å². The van der Waals surface area contributed by atoms with Crippen LogP contribution in [0.1, 0.15) is 40.2 Å². The summed E-state index contributed by atoms with van der Waals surface area (Å²) in [5.74, 6) is 0.326. The zero-order valence-electron chi connectivity index (χ0n) is 17.6. The van der Waals surface area contributed by atoms with Crippen LogP contribution in [0, 0.1) is 6.92 Å². The molecule has 6 nitrogen and oxygen atoms in total. The zero-order chi connectivity index (χ0) is 22.0. The van der Waals surface area contributed by atoms with Gasteiger partial charge in [0.05, 0.1) is 12.2 Å². The molecule has 1 saturated heterocycles. The van der Waals surface area contributed by atoms with Crippen LogP contribution in [0.2, 0.25) is 0 Å². The van der Waals surface area contributed by atoms with Crippen LogP contribution in [0.5, 0.6) is 0 Å². The van der Waals surface area contributed by atoms with Crippen LogP contribution in [-0.4, -0.2) is 56.4 Å². The second kappa shape index (κ2) is 9.23. The van der Waals surface area contributed by atoms with Crippen molar-refractivity contribution in [2.24, 2.45) is 0 Å². The summed E-state index contributed by atoms with van der Waals surface area (Å²) in [5, 5.41) is 0.848. The number of carbonyl (C=O) groups is 1. The van der Waals surface area contributed by atoms with Crippen molar-refractivity contribution in [1.29, 1.82) is 0 Å². The number of imidazole rings is 1. The highest BCUT2D eigenvalue weighted by molar-refractivity contribution is 7.17. The number of halogens is 2. The molecule has 0 saturated carbocycles. The average molecular weight is 446 g/mol. The average Bonchev–Trinajstić information content (AvgIpc) is 3.40. The van der Waals surface area contributed by atoms with E-state index in [1.807, 2.05) is 28.9 Å². The molecule has 0 unspecified atom stereocenters. The summed E-state index contributed by atoms with van der Waals surface area (Å²) in [6, 6.07) is 8.28. The Morgan fingerprint density at radius 1 is 1.16 bits per heavy atom. The molecule has 0 N–H and O–H groups in total. The third kappa shape index (κ3) is 4.67. The third-order valence-electron chi connectivity index (χ3n) is 5.58. The lowest BCUT2D eigenvalue weighted by molar-refractivity contribution is 0.0557. The zero-order valence-corrected chi connectivity index (χ0v) is 18.4. The number of hydrogen-bond acceptors (Lipinski definition) is 5. The molecule has 2 aromatic heterocycles. The first-order valence-electron chi connectivity index (χ1n) is 10.3. The molecule has 3 heterocycles. The summed E-state index contributed by atoms with van der Waals surface area (Å²) in [5.41, 5.74) is 3.02. The van der Waals surface area contributed by atoms with Gasteiger partial charge in [0.15, 0.2) is 0 Å². The second-order valence-electron chi connectivity index (χ2n) is 7.58. The van der Waals surface area contributed by atoms with E-state index in [-0.39, 0.29) is 5.91 Å². The highest BCUT2D eigenvalue weighted by atomic mass is 32.1. The molecule has 0 radical (unpaired) electrons. The van der Waals surface area contributed by atoms with Gasteiger partial charge in [0, 0.05) is 44.1 Å². The van der Waals surface area contributed by atoms with E-state index in [0.29, 0.717) is 43.4 Å². The van der Waals surface area contributed by atoms with Crippen molar-refractivity contribution in [3.05, 3.63) is 58.6 Å². The summed E-state index contributed by atoms with van der Waals surface area (Å²) in [6.45, 7) is 4.06. The molecule has 4 rings (SSSR count). The van der Waals surface area contributed by atoms with Gasteiger partial charge >= 0.3 is 6.55 Å². The molecular weight excluding hydrogens is 420 g/mol. The Hall–Kier alpha value is -2.65. The van der Waals surface area contributed by atoms with E-state index in [9.17, 15) is 13.6 Å². The van der Waals surface area contributed by atoms with Crippen LogP contribution < -0.4 is 0 Å². The fraction of sp³-hybridized carbons (Fsp3) is 0.409. The first-order valence-corrected chi connectivity index (χ1v) is 11.2. The molecule has 164 valence electrons. The van der Waals surface area contributed by atoms with Crippen LogP contribution in [0.15, 0.2) is 36.7 Å². The van der Waals surface area contributed by atoms with Gasteiger partial charge in [0.25, 0.3) is 5.91 Å². The van der Waals surface area contributed by atoms with E-state index >= 15 is 0 Å². The van der Waals surface area contributed by atoms with Crippen molar-refractivity contribution in [2.75, 3.05) is 26.2 Å². The van der Waals surface area contributed by atoms with Gasteiger partial charge in [0.2, 0.25) is 0 Å². The van der Waals surface area contributed by atoms with E-state index in [4.69, 9.17) is 0 Å². The number of aryl methyl sites for hydroxylation is 2. The van der Waals surface area contributed by atoms with E-state index in [1.54, 1.807) is 0 Å². The highest BCUT2D eigenvalue weighted by Gasteiger charge is 2.26. The Kier molecular flexibility index (Phi) is 6.43. The maximum absolute atomic E-state index is 13.1. The lowest BCUT2D eigenvalue weighted by atomic mass is 10.1. The molecule has 31 heavy (non-hydrogen) atoms. The van der Waals surface area contributed by atoms with Crippen LogP contribution in [0.4, 0.5) is 8.78 Å². The largest absolute Gasteiger partial charge is 0.335 e. The van der Waals surface area contributed by atoms with E-state index < -0.39 is 6.55 Å². The number of rotatable bonds is 6.